The number of para-hydroxylation sites is 2. The first kappa shape index (κ1) is 19.8. The summed E-state index contributed by atoms with van der Waals surface area (Å²) < 4.78 is 11.3. The Morgan fingerprint density at radius 1 is 0.667 bits per heavy atom. The van der Waals surface area contributed by atoms with Gasteiger partial charge in [0.2, 0.25) is 0 Å². The van der Waals surface area contributed by atoms with E-state index >= 15 is 0 Å². The topological polar surface area (TPSA) is 42.0 Å². The van der Waals surface area contributed by atoms with Crippen molar-refractivity contribution in [2.24, 2.45) is 0 Å². The molecule has 1 aliphatic heterocycles. The van der Waals surface area contributed by atoms with Gasteiger partial charge >= 0.3 is 0 Å². The quantitative estimate of drug-likeness (QED) is 0.558. The molecule has 5 heteroatoms. The van der Waals surface area contributed by atoms with Crippen LogP contribution in [0.15, 0.2) is 84.9 Å². The lowest BCUT2D eigenvalue weighted by Gasteiger charge is -2.36. The van der Waals surface area contributed by atoms with Crippen LogP contribution < -0.4 is 14.4 Å². The fourth-order valence-corrected chi connectivity index (χ4v) is 3.52. The van der Waals surface area contributed by atoms with Crippen molar-refractivity contribution < 1.29 is 14.3 Å². The van der Waals surface area contributed by atoms with Crippen LogP contribution >= 0.6 is 0 Å². The Labute approximate surface area is 177 Å². The summed E-state index contributed by atoms with van der Waals surface area (Å²) in [6.45, 7) is 4.06. The Balaban J connectivity index is 1.23. The van der Waals surface area contributed by atoms with Crippen LogP contribution in [0.2, 0.25) is 0 Å². The van der Waals surface area contributed by atoms with E-state index in [1.54, 1.807) is 0 Å². The highest BCUT2D eigenvalue weighted by Gasteiger charge is 2.22. The number of rotatable bonds is 7. The maximum absolute atomic E-state index is 12.8. The second kappa shape index (κ2) is 9.83. The van der Waals surface area contributed by atoms with E-state index in [4.69, 9.17) is 9.47 Å². The highest BCUT2D eigenvalue weighted by molar-refractivity contribution is 5.94. The molecule has 0 aliphatic carbocycles. The Kier molecular flexibility index (Phi) is 6.50. The number of benzene rings is 3. The lowest BCUT2D eigenvalue weighted by atomic mass is 10.1. The highest BCUT2D eigenvalue weighted by Crippen LogP contribution is 2.18. The Morgan fingerprint density at radius 3 is 1.80 bits per heavy atom. The minimum absolute atomic E-state index is 0.0710. The number of carbonyl (C=O) groups excluding carboxylic acids is 1. The summed E-state index contributed by atoms with van der Waals surface area (Å²) in [6.07, 6.45) is 0. The van der Waals surface area contributed by atoms with Gasteiger partial charge in [-0.3, -0.25) is 4.79 Å². The van der Waals surface area contributed by atoms with Gasteiger partial charge in [-0.15, -0.1) is 0 Å². The van der Waals surface area contributed by atoms with Crippen LogP contribution in [0.4, 0.5) is 5.69 Å². The number of amides is 1. The van der Waals surface area contributed by atoms with Crippen molar-refractivity contribution in [1.82, 2.24) is 4.90 Å². The predicted octanol–water partition coefficient (Wildman–Crippen LogP) is 4.11. The Morgan fingerprint density at radius 2 is 1.20 bits per heavy atom. The molecule has 3 aromatic rings. The molecule has 0 aromatic heterocycles. The summed E-state index contributed by atoms with van der Waals surface area (Å²) >= 11 is 0. The van der Waals surface area contributed by atoms with Crippen LogP contribution in [0.3, 0.4) is 0 Å². The van der Waals surface area contributed by atoms with Gasteiger partial charge in [-0.25, -0.2) is 0 Å². The minimum atomic E-state index is 0.0710. The SMILES string of the molecule is O=C(c1ccc(OCCOc2ccccc2)cc1)N1CCN(c2ccccc2)CC1. The first-order valence-electron chi connectivity index (χ1n) is 10.3. The maximum atomic E-state index is 12.8. The van der Waals surface area contributed by atoms with Crippen LogP contribution in [0, 0.1) is 0 Å². The van der Waals surface area contributed by atoms with Crippen LogP contribution in [-0.4, -0.2) is 50.2 Å². The van der Waals surface area contributed by atoms with E-state index in [1.165, 1.54) is 5.69 Å². The first-order valence-corrected chi connectivity index (χ1v) is 10.3. The third-order valence-electron chi connectivity index (χ3n) is 5.15. The van der Waals surface area contributed by atoms with Gasteiger partial charge in [-0.1, -0.05) is 36.4 Å². The monoisotopic (exact) mass is 402 g/mol. The Bertz CT molecular complexity index is 922. The lowest BCUT2D eigenvalue weighted by molar-refractivity contribution is 0.0746. The van der Waals surface area contributed by atoms with Crippen molar-refractivity contribution in [2.45, 2.75) is 0 Å². The molecule has 1 aliphatic rings. The summed E-state index contributed by atoms with van der Waals surface area (Å²) in [5, 5.41) is 0. The summed E-state index contributed by atoms with van der Waals surface area (Å²) in [5.41, 5.74) is 1.90. The summed E-state index contributed by atoms with van der Waals surface area (Å²) in [5.74, 6) is 1.63. The third kappa shape index (κ3) is 5.11. The molecular formula is C25H26N2O3. The number of hydrogen-bond donors (Lipinski definition) is 0. The van der Waals surface area contributed by atoms with E-state index < -0.39 is 0 Å². The van der Waals surface area contributed by atoms with Crippen LogP contribution in [0.25, 0.3) is 0 Å². The number of ether oxygens (including phenoxy) is 2. The molecule has 0 spiro atoms. The van der Waals surface area contributed by atoms with Crippen molar-refractivity contribution in [3.05, 3.63) is 90.5 Å². The number of nitrogens with zero attached hydrogens (tertiary/aromatic N) is 2. The molecule has 5 nitrogen and oxygen atoms in total. The molecular weight excluding hydrogens is 376 g/mol. The lowest BCUT2D eigenvalue weighted by Crippen LogP contribution is -2.48. The minimum Gasteiger partial charge on any atom is -0.490 e. The molecule has 1 heterocycles. The second-order valence-electron chi connectivity index (χ2n) is 7.15. The molecule has 4 rings (SSSR count). The van der Waals surface area contributed by atoms with Gasteiger partial charge in [-0.05, 0) is 48.5 Å². The molecule has 0 atom stereocenters. The summed E-state index contributed by atoms with van der Waals surface area (Å²) in [7, 11) is 0. The van der Waals surface area contributed by atoms with Crippen LogP contribution in [-0.2, 0) is 0 Å². The molecule has 1 amide bonds. The average molecular weight is 402 g/mol. The largest absolute Gasteiger partial charge is 0.490 e. The van der Waals surface area contributed by atoms with Crippen molar-refractivity contribution in [1.29, 1.82) is 0 Å². The number of anilines is 1. The molecule has 1 fully saturated rings. The molecule has 0 radical (unpaired) electrons. The summed E-state index contributed by atoms with van der Waals surface area (Å²) in [6, 6.07) is 27.4. The van der Waals surface area contributed by atoms with Gasteiger partial charge in [0.1, 0.15) is 24.7 Å². The van der Waals surface area contributed by atoms with Crippen molar-refractivity contribution in [3.63, 3.8) is 0 Å². The van der Waals surface area contributed by atoms with Crippen LogP contribution in [0.5, 0.6) is 11.5 Å². The molecule has 1 saturated heterocycles. The molecule has 0 N–H and O–H groups in total. The van der Waals surface area contributed by atoms with E-state index in [0.717, 1.165) is 37.7 Å². The van der Waals surface area contributed by atoms with Gasteiger partial charge in [0.15, 0.2) is 0 Å². The van der Waals surface area contributed by atoms with Gasteiger partial charge in [0, 0.05) is 37.4 Å². The molecule has 3 aromatic carbocycles. The van der Waals surface area contributed by atoms with Gasteiger partial charge in [0.05, 0.1) is 0 Å². The van der Waals surface area contributed by atoms with Crippen molar-refractivity contribution in [2.75, 3.05) is 44.3 Å². The molecule has 154 valence electrons. The standard InChI is InChI=1S/C25H26N2O3/c28-25(27-17-15-26(16-18-27)22-7-3-1-4-8-22)21-11-13-24(14-12-21)30-20-19-29-23-9-5-2-6-10-23/h1-14H,15-20H2. The summed E-state index contributed by atoms with van der Waals surface area (Å²) in [4.78, 5) is 17.1. The van der Waals surface area contributed by atoms with Crippen LogP contribution in [0.1, 0.15) is 10.4 Å². The van der Waals surface area contributed by atoms with E-state index in [9.17, 15) is 4.79 Å². The Hall–Kier alpha value is -3.47. The predicted molar refractivity (Wildman–Crippen MR) is 118 cm³/mol. The maximum Gasteiger partial charge on any atom is 0.253 e. The van der Waals surface area contributed by atoms with Gasteiger partial charge in [0.25, 0.3) is 5.91 Å². The zero-order valence-corrected chi connectivity index (χ0v) is 16.9. The molecule has 30 heavy (non-hydrogen) atoms. The first-order chi connectivity index (χ1) is 14.8. The normalized spacial score (nSPS) is 13.7. The van der Waals surface area contributed by atoms with E-state index in [2.05, 4.69) is 17.0 Å². The molecule has 0 bridgehead atoms. The molecule has 0 unspecified atom stereocenters. The van der Waals surface area contributed by atoms with Crippen molar-refractivity contribution >= 4 is 11.6 Å². The fourth-order valence-electron chi connectivity index (χ4n) is 3.52. The second-order valence-corrected chi connectivity index (χ2v) is 7.15. The van der Waals surface area contributed by atoms with Crippen molar-refractivity contribution in [3.8, 4) is 11.5 Å². The third-order valence-corrected chi connectivity index (χ3v) is 5.15. The van der Waals surface area contributed by atoms with Gasteiger partial charge in [-0.2, -0.15) is 0 Å². The number of hydrogen-bond acceptors (Lipinski definition) is 4. The fraction of sp³-hybridized carbons (Fsp3) is 0.240. The zero-order chi connectivity index (χ0) is 20.6. The van der Waals surface area contributed by atoms with Gasteiger partial charge < -0.3 is 19.3 Å². The number of piperazine rings is 1. The van der Waals surface area contributed by atoms with E-state index in [1.807, 2.05) is 77.7 Å². The smallest absolute Gasteiger partial charge is 0.253 e. The van der Waals surface area contributed by atoms with E-state index in [-0.39, 0.29) is 5.91 Å². The zero-order valence-electron chi connectivity index (χ0n) is 16.9. The average Bonchev–Trinajstić information content (AvgIpc) is 2.83. The number of carbonyl (C=O) groups is 1. The molecule has 0 saturated carbocycles. The van der Waals surface area contributed by atoms with E-state index in [0.29, 0.717) is 18.8 Å². The highest BCUT2D eigenvalue weighted by atomic mass is 16.5.